The molecule has 4 rings (SSSR count). The van der Waals surface area contributed by atoms with Crippen LogP contribution in [0.25, 0.3) is 21.3 Å². The topological polar surface area (TPSA) is 80.9 Å². The highest BCUT2D eigenvalue weighted by atomic mass is 35.5. The summed E-state index contributed by atoms with van der Waals surface area (Å²) in [4.78, 5) is 20.7. The number of hydrogen-bond donors (Lipinski definition) is 2. The largest absolute Gasteiger partial charge is 0.366 e. The van der Waals surface area contributed by atoms with Crippen molar-refractivity contribution >= 4 is 50.6 Å². The molecular weight excluding hydrogens is 368 g/mol. The number of carbonyl (C=O) groups is 1. The lowest BCUT2D eigenvalue weighted by atomic mass is 10.1. The van der Waals surface area contributed by atoms with Crippen LogP contribution in [0.15, 0.2) is 60.0 Å². The Labute approximate surface area is 158 Å². The van der Waals surface area contributed by atoms with E-state index in [0.29, 0.717) is 11.4 Å². The van der Waals surface area contributed by atoms with Gasteiger partial charge in [-0.25, -0.2) is 4.98 Å². The number of thiophene rings is 1. The van der Waals surface area contributed by atoms with Crippen molar-refractivity contribution in [3.05, 3.63) is 70.8 Å². The predicted molar refractivity (Wildman–Crippen MR) is 106 cm³/mol. The fraction of sp³-hybridized carbons (Fsp3) is 0. The van der Waals surface area contributed by atoms with Gasteiger partial charge in [0.25, 0.3) is 0 Å². The molecule has 128 valence electrons. The molecule has 0 aliphatic heterocycles. The summed E-state index contributed by atoms with van der Waals surface area (Å²) >= 11 is 7.61. The molecule has 0 saturated heterocycles. The molecule has 1 amide bonds. The molecule has 26 heavy (non-hydrogen) atoms. The summed E-state index contributed by atoms with van der Waals surface area (Å²) in [6, 6.07) is 16.9. The Bertz CT molecular complexity index is 1090. The van der Waals surface area contributed by atoms with Crippen LogP contribution in [0.1, 0.15) is 10.4 Å². The van der Waals surface area contributed by atoms with Crippen molar-refractivity contribution < 1.29 is 4.79 Å². The molecule has 0 bridgehead atoms. The summed E-state index contributed by atoms with van der Waals surface area (Å²) in [5, 5.41) is 6.40. The van der Waals surface area contributed by atoms with Gasteiger partial charge in [0.15, 0.2) is 0 Å². The Hall–Kier alpha value is -2.96. The van der Waals surface area contributed by atoms with Crippen LogP contribution < -0.4 is 11.1 Å². The summed E-state index contributed by atoms with van der Waals surface area (Å²) < 4.78 is 0. The summed E-state index contributed by atoms with van der Waals surface area (Å²) in [5.74, 6) is 0.153. The third-order valence-electron chi connectivity index (χ3n) is 3.92. The van der Waals surface area contributed by atoms with Crippen LogP contribution >= 0.6 is 22.9 Å². The van der Waals surface area contributed by atoms with Crippen molar-refractivity contribution in [2.24, 2.45) is 5.73 Å². The van der Waals surface area contributed by atoms with Crippen LogP contribution in [-0.4, -0.2) is 15.9 Å². The molecular formula is C19H13ClN4OS. The number of hydrogen-bond acceptors (Lipinski definition) is 5. The molecule has 2 aromatic heterocycles. The Balaban J connectivity index is 1.81. The highest BCUT2D eigenvalue weighted by Gasteiger charge is 2.15. The molecule has 4 aromatic rings. The first-order valence-corrected chi connectivity index (χ1v) is 9.04. The van der Waals surface area contributed by atoms with E-state index < -0.39 is 5.91 Å². The van der Waals surface area contributed by atoms with E-state index in [9.17, 15) is 4.79 Å². The Morgan fingerprint density at radius 3 is 2.46 bits per heavy atom. The van der Waals surface area contributed by atoms with Crippen molar-refractivity contribution in [1.29, 1.82) is 0 Å². The van der Waals surface area contributed by atoms with Crippen LogP contribution in [0.4, 0.5) is 11.5 Å². The number of aromatic nitrogens is 2. The number of rotatable bonds is 4. The standard InChI is InChI=1S/C19H13ClN4OS/c20-19-23-17(22-13-8-6-12(7-9-13)16(21)25)15-14(10-26-18(15)24-19)11-4-2-1-3-5-11/h1-10H,(H2,21,25)(H,22,23,24). The molecule has 3 N–H and O–H groups in total. The number of fused-ring (bicyclic) bond motifs is 1. The van der Waals surface area contributed by atoms with Gasteiger partial charge in [0.2, 0.25) is 11.2 Å². The van der Waals surface area contributed by atoms with Gasteiger partial charge in [-0.3, -0.25) is 4.79 Å². The third kappa shape index (κ3) is 3.12. The van der Waals surface area contributed by atoms with Crippen molar-refractivity contribution in [3.63, 3.8) is 0 Å². The Morgan fingerprint density at radius 1 is 1.04 bits per heavy atom. The average molecular weight is 381 g/mol. The zero-order valence-corrected chi connectivity index (χ0v) is 15.0. The van der Waals surface area contributed by atoms with Gasteiger partial charge in [-0.15, -0.1) is 11.3 Å². The molecule has 2 aromatic carbocycles. The fourth-order valence-corrected chi connectivity index (χ4v) is 3.86. The van der Waals surface area contributed by atoms with E-state index >= 15 is 0 Å². The summed E-state index contributed by atoms with van der Waals surface area (Å²) in [6.45, 7) is 0. The lowest BCUT2D eigenvalue weighted by molar-refractivity contribution is 0.100. The van der Waals surface area contributed by atoms with Crippen LogP contribution in [0.3, 0.4) is 0 Å². The predicted octanol–water partition coefficient (Wildman–Crippen LogP) is 4.85. The number of nitrogens with one attached hydrogen (secondary N) is 1. The normalized spacial score (nSPS) is 10.8. The first-order chi connectivity index (χ1) is 12.6. The first-order valence-electron chi connectivity index (χ1n) is 7.79. The summed E-state index contributed by atoms with van der Waals surface area (Å²) in [5.41, 5.74) is 8.63. The Kier molecular flexibility index (Phi) is 4.28. The quantitative estimate of drug-likeness (QED) is 0.495. The molecule has 0 fully saturated rings. The summed E-state index contributed by atoms with van der Waals surface area (Å²) in [6.07, 6.45) is 0. The number of anilines is 2. The number of benzene rings is 2. The molecule has 5 nitrogen and oxygen atoms in total. The lowest BCUT2D eigenvalue weighted by Crippen LogP contribution is -2.10. The van der Waals surface area contributed by atoms with Crippen molar-refractivity contribution in [2.75, 3.05) is 5.32 Å². The molecule has 2 heterocycles. The monoisotopic (exact) mass is 380 g/mol. The zero-order valence-electron chi connectivity index (χ0n) is 13.4. The first kappa shape index (κ1) is 16.5. The molecule has 0 aliphatic rings. The molecule has 0 radical (unpaired) electrons. The minimum atomic E-state index is -0.465. The van der Waals surface area contributed by atoms with E-state index in [0.717, 1.165) is 27.0 Å². The number of halogens is 1. The van der Waals surface area contributed by atoms with Crippen LogP contribution in [0, 0.1) is 0 Å². The van der Waals surface area contributed by atoms with Gasteiger partial charge in [0.1, 0.15) is 10.6 Å². The van der Waals surface area contributed by atoms with Gasteiger partial charge >= 0.3 is 0 Å². The SMILES string of the molecule is NC(=O)c1ccc(Nc2nc(Cl)nc3scc(-c4ccccc4)c23)cc1. The van der Waals surface area contributed by atoms with Gasteiger partial charge in [-0.05, 0) is 41.4 Å². The van der Waals surface area contributed by atoms with Crippen LogP contribution in [-0.2, 0) is 0 Å². The second-order valence-corrected chi connectivity index (χ2v) is 6.80. The van der Waals surface area contributed by atoms with Gasteiger partial charge in [0.05, 0.1) is 5.39 Å². The van der Waals surface area contributed by atoms with Gasteiger partial charge in [-0.2, -0.15) is 4.98 Å². The highest BCUT2D eigenvalue weighted by molar-refractivity contribution is 7.17. The smallest absolute Gasteiger partial charge is 0.248 e. The second kappa shape index (κ2) is 6.74. The van der Waals surface area contributed by atoms with Crippen molar-refractivity contribution in [3.8, 4) is 11.1 Å². The molecule has 0 unspecified atom stereocenters. The molecule has 7 heteroatoms. The van der Waals surface area contributed by atoms with E-state index in [4.69, 9.17) is 17.3 Å². The van der Waals surface area contributed by atoms with Gasteiger partial charge in [0, 0.05) is 22.2 Å². The van der Waals surface area contributed by atoms with Gasteiger partial charge in [-0.1, -0.05) is 30.3 Å². The van der Waals surface area contributed by atoms with E-state index in [1.54, 1.807) is 24.3 Å². The second-order valence-electron chi connectivity index (χ2n) is 5.60. The molecule has 0 atom stereocenters. The van der Waals surface area contributed by atoms with Gasteiger partial charge < -0.3 is 11.1 Å². The van der Waals surface area contributed by atoms with Crippen LogP contribution in [0.5, 0.6) is 0 Å². The van der Waals surface area contributed by atoms with Crippen molar-refractivity contribution in [2.45, 2.75) is 0 Å². The van der Waals surface area contributed by atoms with E-state index in [2.05, 4.69) is 15.3 Å². The number of nitrogens with two attached hydrogens (primary N) is 1. The number of nitrogens with zero attached hydrogens (tertiary/aromatic N) is 2. The minimum absolute atomic E-state index is 0.176. The maximum Gasteiger partial charge on any atom is 0.248 e. The maximum atomic E-state index is 11.2. The van der Waals surface area contributed by atoms with Crippen molar-refractivity contribution in [1.82, 2.24) is 9.97 Å². The summed E-state index contributed by atoms with van der Waals surface area (Å²) in [7, 11) is 0. The highest BCUT2D eigenvalue weighted by Crippen LogP contribution is 2.38. The molecule has 0 aliphatic carbocycles. The molecule has 0 spiro atoms. The van der Waals surface area contributed by atoms with Crippen LogP contribution in [0.2, 0.25) is 5.28 Å². The minimum Gasteiger partial charge on any atom is -0.366 e. The maximum absolute atomic E-state index is 11.2. The average Bonchev–Trinajstić information content (AvgIpc) is 3.07. The number of amides is 1. The Morgan fingerprint density at radius 2 is 1.77 bits per heavy atom. The number of primary amides is 1. The van der Waals surface area contributed by atoms with E-state index in [1.165, 1.54) is 11.3 Å². The third-order valence-corrected chi connectivity index (χ3v) is 4.96. The zero-order chi connectivity index (χ0) is 18.1. The lowest BCUT2D eigenvalue weighted by Gasteiger charge is -2.09. The van der Waals surface area contributed by atoms with E-state index in [-0.39, 0.29) is 5.28 Å². The number of carbonyl (C=O) groups excluding carboxylic acids is 1. The van der Waals surface area contributed by atoms with E-state index in [1.807, 2.05) is 35.7 Å². The molecule has 0 saturated carbocycles. The fourth-order valence-electron chi connectivity index (χ4n) is 2.69.